The van der Waals surface area contributed by atoms with Crippen LogP contribution in [0.1, 0.15) is 75.6 Å². The molecule has 1 aliphatic rings. The molecular weight excluding hydrogens is 728 g/mol. The van der Waals surface area contributed by atoms with Gasteiger partial charge in [0, 0.05) is 53.9 Å². The standard InChI is InChI=1S/C45H49BrN2O5/c1-29(2)23-31(43(50)53-45(3,4)5)25-42(49)41(24-32-27-48(40-18-12-11-13-34(32)40)26-30-19-21-33(46)22-20-30)47(6)44(51)52-28-39-37-16-9-7-14-35(37)36-15-8-10-17-38(36)39/h7-22,27,29,31,39,41H,23-26,28H2,1-6H3/t31-,41+/m1/s1. The third-order valence-corrected chi connectivity index (χ3v) is 10.5. The number of ether oxygens (including phenoxy) is 2. The Bertz CT molecular complexity index is 2050. The minimum Gasteiger partial charge on any atom is -0.460 e. The number of amides is 1. The van der Waals surface area contributed by atoms with Crippen LogP contribution in [0.25, 0.3) is 22.0 Å². The van der Waals surface area contributed by atoms with Crippen LogP contribution in [-0.4, -0.2) is 52.6 Å². The summed E-state index contributed by atoms with van der Waals surface area (Å²) >= 11 is 3.53. The average molecular weight is 778 g/mol. The van der Waals surface area contributed by atoms with Crippen LogP contribution in [0.4, 0.5) is 4.79 Å². The van der Waals surface area contributed by atoms with Gasteiger partial charge in [-0.1, -0.05) is 109 Å². The van der Waals surface area contributed by atoms with Crippen molar-refractivity contribution >= 4 is 44.7 Å². The monoisotopic (exact) mass is 776 g/mol. The number of hydrogen-bond acceptors (Lipinski definition) is 5. The number of likely N-dealkylation sites (N-methyl/N-ethyl adjacent to an activating group) is 1. The SMILES string of the molecule is CC(C)C[C@H](CC(=O)[C@H](Cc1cn(Cc2ccc(Br)cc2)c2ccccc12)N(C)C(=O)OCC1c2ccccc2-c2ccccc21)C(=O)OC(C)(C)C. The molecular formula is C45H49BrN2O5. The van der Waals surface area contributed by atoms with Crippen LogP contribution in [0.15, 0.2) is 108 Å². The van der Waals surface area contributed by atoms with Gasteiger partial charge in [0.1, 0.15) is 12.2 Å². The number of esters is 1. The summed E-state index contributed by atoms with van der Waals surface area (Å²) in [6.45, 7) is 10.3. The molecule has 1 amide bonds. The lowest BCUT2D eigenvalue weighted by Crippen LogP contribution is -2.45. The Kier molecular flexibility index (Phi) is 11.6. The Labute approximate surface area is 321 Å². The molecule has 0 unspecified atom stereocenters. The zero-order valence-electron chi connectivity index (χ0n) is 31.5. The fourth-order valence-electron chi connectivity index (χ4n) is 7.50. The van der Waals surface area contributed by atoms with Gasteiger partial charge in [-0.05, 0) is 84.7 Å². The zero-order valence-corrected chi connectivity index (χ0v) is 33.1. The first kappa shape index (κ1) is 38.0. The predicted molar refractivity (Wildman–Crippen MR) is 214 cm³/mol. The van der Waals surface area contributed by atoms with E-state index in [1.54, 1.807) is 7.05 Å². The summed E-state index contributed by atoms with van der Waals surface area (Å²) in [5.41, 5.74) is 6.93. The Balaban J connectivity index is 1.30. The van der Waals surface area contributed by atoms with Gasteiger partial charge in [0.15, 0.2) is 5.78 Å². The molecule has 5 aromatic rings. The topological polar surface area (TPSA) is 77.8 Å². The molecule has 4 aromatic carbocycles. The highest BCUT2D eigenvalue weighted by Gasteiger charge is 2.36. The van der Waals surface area contributed by atoms with Gasteiger partial charge in [-0.2, -0.15) is 0 Å². The highest BCUT2D eigenvalue weighted by Crippen LogP contribution is 2.44. The molecule has 1 heterocycles. The molecule has 53 heavy (non-hydrogen) atoms. The number of halogens is 1. The van der Waals surface area contributed by atoms with Crippen molar-refractivity contribution in [1.82, 2.24) is 9.47 Å². The van der Waals surface area contributed by atoms with E-state index >= 15 is 0 Å². The number of aromatic nitrogens is 1. The van der Waals surface area contributed by atoms with E-state index in [-0.39, 0.29) is 37.1 Å². The largest absolute Gasteiger partial charge is 0.460 e. The van der Waals surface area contributed by atoms with E-state index in [1.807, 2.05) is 83.1 Å². The third kappa shape index (κ3) is 8.93. The molecule has 1 aliphatic carbocycles. The molecule has 0 radical (unpaired) electrons. The number of fused-ring (bicyclic) bond motifs is 4. The minimum atomic E-state index is -0.880. The number of hydrogen-bond donors (Lipinski definition) is 0. The molecule has 7 nitrogen and oxygen atoms in total. The second-order valence-corrected chi connectivity index (χ2v) is 16.5. The highest BCUT2D eigenvalue weighted by atomic mass is 79.9. The summed E-state index contributed by atoms with van der Waals surface area (Å²) < 4.78 is 15.0. The molecule has 2 atom stereocenters. The molecule has 0 saturated heterocycles. The molecule has 0 fully saturated rings. The molecule has 1 aromatic heterocycles. The van der Waals surface area contributed by atoms with Crippen LogP contribution in [0, 0.1) is 11.8 Å². The number of ketones is 1. The Morgan fingerprint density at radius 3 is 2.08 bits per heavy atom. The number of carbonyl (C=O) groups excluding carboxylic acids is 3. The van der Waals surface area contributed by atoms with E-state index in [4.69, 9.17) is 9.47 Å². The molecule has 0 aliphatic heterocycles. The maximum absolute atomic E-state index is 14.5. The first-order chi connectivity index (χ1) is 25.3. The van der Waals surface area contributed by atoms with E-state index in [0.29, 0.717) is 13.0 Å². The van der Waals surface area contributed by atoms with E-state index < -0.39 is 29.6 Å². The first-order valence-corrected chi connectivity index (χ1v) is 19.2. The van der Waals surface area contributed by atoms with Crippen LogP contribution >= 0.6 is 15.9 Å². The van der Waals surface area contributed by atoms with Crippen molar-refractivity contribution in [3.63, 3.8) is 0 Å². The van der Waals surface area contributed by atoms with E-state index in [0.717, 1.165) is 48.8 Å². The summed E-state index contributed by atoms with van der Waals surface area (Å²) in [7, 11) is 1.63. The van der Waals surface area contributed by atoms with Crippen LogP contribution in [0.3, 0.4) is 0 Å². The quantitative estimate of drug-likeness (QED) is 0.111. The van der Waals surface area contributed by atoms with Crippen molar-refractivity contribution in [3.8, 4) is 11.1 Å². The smallest absolute Gasteiger partial charge is 0.410 e. The molecule has 8 heteroatoms. The molecule has 0 saturated carbocycles. The summed E-state index contributed by atoms with van der Waals surface area (Å²) in [6.07, 6.45) is 2.21. The van der Waals surface area contributed by atoms with Crippen LogP contribution in [0.2, 0.25) is 0 Å². The van der Waals surface area contributed by atoms with Gasteiger partial charge in [0.05, 0.1) is 12.0 Å². The summed E-state index contributed by atoms with van der Waals surface area (Å²) in [5, 5.41) is 1.01. The lowest BCUT2D eigenvalue weighted by Gasteiger charge is -2.29. The maximum atomic E-state index is 14.5. The molecule has 0 N–H and O–H groups in total. The molecule has 0 bridgehead atoms. The number of nitrogens with zero attached hydrogens (tertiary/aromatic N) is 2. The summed E-state index contributed by atoms with van der Waals surface area (Å²) in [4.78, 5) is 43.5. The van der Waals surface area contributed by atoms with Gasteiger partial charge in [-0.15, -0.1) is 0 Å². The Morgan fingerprint density at radius 2 is 1.45 bits per heavy atom. The Hall–Kier alpha value is -4.69. The molecule has 0 spiro atoms. The lowest BCUT2D eigenvalue weighted by molar-refractivity contribution is -0.162. The van der Waals surface area contributed by atoms with Gasteiger partial charge in [-0.3, -0.25) is 9.59 Å². The van der Waals surface area contributed by atoms with Crippen molar-refractivity contribution in [2.75, 3.05) is 13.7 Å². The van der Waals surface area contributed by atoms with Gasteiger partial charge in [0.25, 0.3) is 0 Å². The van der Waals surface area contributed by atoms with Crippen LogP contribution < -0.4 is 0 Å². The maximum Gasteiger partial charge on any atom is 0.410 e. The number of rotatable bonds is 13. The van der Waals surface area contributed by atoms with Gasteiger partial charge in [-0.25, -0.2) is 4.79 Å². The van der Waals surface area contributed by atoms with Crippen molar-refractivity contribution in [1.29, 1.82) is 0 Å². The van der Waals surface area contributed by atoms with Gasteiger partial charge >= 0.3 is 12.1 Å². The second-order valence-electron chi connectivity index (χ2n) is 15.6. The third-order valence-electron chi connectivity index (χ3n) is 9.96. The van der Waals surface area contributed by atoms with Gasteiger partial charge < -0.3 is 18.9 Å². The number of para-hydroxylation sites is 1. The normalized spacial score (nSPS) is 13.7. The van der Waals surface area contributed by atoms with E-state index in [9.17, 15) is 14.4 Å². The van der Waals surface area contributed by atoms with Crippen molar-refractivity contribution in [2.45, 2.75) is 78.0 Å². The van der Waals surface area contributed by atoms with Crippen molar-refractivity contribution in [3.05, 3.63) is 130 Å². The first-order valence-electron chi connectivity index (χ1n) is 18.4. The summed E-state index contributed by atoms with van der Waals surface area (Å²) in [6, 6.07) is 31.9. The van der Waals surface area contributed by atoms with Crippen molar-refractivity contribution < 1.29 is 23.9 Å². The summed E-state index contributed by atoms with van der Waals surface area (Å²) in [5.74, 6) is -1.20. The van der Waals surface area contributed by atoms with Gasteiger partial charge in [0.2, 0.25) is 0 Å². The molecule has 276 valence electrons. The average Bonchev–Trinajstić information content (AvgIpc) is 3.63. The second kappa shape index (κ2) is 16.1. The zero-order chi connectivity index (χ0) is 37.9. The number of benzene rings is 4. The molecule has 6 rings (SSSR count). The van der Waals surface area contributed by atoms with Crippen LogP contribution in [-0.2, 0) is 32.0 Å². The van der Waals surface area contributed by atoms with E-state index in [1.165, 1.54) is 4.90 Å². The fourth-order valence-corrected chi connectivity index (χ4v) is 7.76. The minimum absolute atomic E-state index is 0.0453. The number of carbonyl (C=O) groups is 3. The fraction of sp³-hybridized carbons (Fsp3) is 0.356. The van der Waals surface area contributed by atoms with Crippen molar-refractivity contribution in [2.24, 2.45) is 11.8 Å². The number of Topliss-reactive ketones (excluding diaryl/α,β-unsaturated/α-hetero) is 1. The Morgan fingerprint density at radius 1 is 0.849 bits per heavy atom. The van der Waals surface area contributed by atoms with Crippen LogP contribution in [0.5, 0.6) is 0 Å². The highest BCUT2D eigenvalue weighted by molar-refractivity contribution is 9.10. The predicted octanol–water partition coefficient (Wildman–Crippen LogP) is 10.2. The van der Waals surface area contributed by atoms with E-state index in [2.05, 4.69) is 75.2 Å². The lowest BCUT2D eigenvalue weighted by atomic mass is 9.88.